The fraction of sp³-hybridized carbons (Fsp3) is 0.476. The van der Waals surface area contributed by atoms with Crippen molar-refractivity contribution in [2.45, 2.75) is 26.0 Å². The molecular formula is C21H27NO5. The van der Waals surface area contributed by atoms with Crippen molar-refractivity contribution in [1.29, 1.82) is 0 Å². The van der Waals surface area contributed by atoms with Crippen molar-refractivity contribution in [3.05, 3.63) is 47.4 Å². The molecule has 0 spiro atoms. The van der Waals surface area contributed by atoms with Crippen LogP contribution >= 0.6 is 0 Å². The van der Waals surface area contributed by atoms with E-state index in [0.29, 0.717) is 36.8 Å². The van der Waals surface area contributed by atoms with E-state index in [-0.39, 0.29) is 11.7 Å². The van der Waals surface area contributed by atoms with Crippen LogP contribution in [-0.4, -0.2) is 45.1 Å². The van der Waals surface area contributed by atoms with Gasteiger partial charge in [-0.25, -0.2) is 0 Å². The van der Waals surface area contributed by atoms with Gasteiger partial charge in [0.2, 0.25) is 0 Å². The normalized spacial score (nSPS) is 17.7. The van der Waals surface area contributed by atoms with Crippen LogP contribution in [0.2, 0.25) is 0 Å². The SMILES string of the molecule is COCc1ccc(CN2CCCC(C(=O)c3ccc(OC)cc3OC)C2)o1. The molecular weight excluding hydrogens is 346 g/mol. The second-order valence-corrected chi connectivity index (χ2v) is 6.81. The average molecular weight is 373 g/mol. The number of ether oxygens (including phenoxy) is 3. The van der Waals surface area contributed by atoms with Crippen LogP contribution in [0.5, 0.6) is 11.5 Å². The molecule has 1 unspecified atom stereocenters. The fourth-order valence-electron chi connectivity index (χ4n) is 3.58. The van der Waals surface area contributed by atoms with Gasteiger partial charge in [0.25, 0.3) is 0 Å². The Bertz CT molecular complexity index is 770. The molecule has 2 heterocycles. The van der Waals surface area contributed by atoms with E-state index in [4.69, 9.17) is 18.6 Å². The predicted molar refractivity (Wildman–Crippen MR) is 101 cm³/mol. The molecule has 0 radical (unpaired) electrons. The minimum absolute atomic E-state index is 0.0468. The molecule has 0 saturated carbocycles. The van der Waals surface area contributed by atoms with Crippen LogP contribution in [0.1, 0.15) is 34.7 Å². The molecule has 2 aromatic rings. The maximum Gasteiger partial charge on any atom is 0.170 e. The summed E-state index contributed by atoms with van der Waals surface area (Å²) in [5.41, 5.74) is 0.616. The van der Waals surface area contributed by atoms with E-state index >= 15 is 0 Å². The van der Waals surface area contributed by atoms with Gasteiger partial charge in [0, 0.05) is 25.6 Å². The van der Waals surface area contributed by atoms with Crippen molar-refractivity contribution in [2.24, 2.45) is 5.92 Å². The molecule has 0 bridgehead atoms. The summed E-state index contributed by atoms with van der Waals surface area (Å²) < 4.78 is 21.5. The second-order valence-electron chi connectivity index (χ2n) is 6.81. The number of Topliss-reactive ketones (excluding diaryl/α,β-unsaturated/α-hetero) is 1. The van der Waals surface area contributed by atoms with Crippen LogP contribution in [0, 0.1) is 5.92 Å². The van der Waals surface area contributed by atoms with E-state index in [2.05, 4.69) is 4.90 Å². The third-order valence-corrected chi connectivity index (χ3v) is 4.93. The molecule has 1 atom stereocenters. The first-order chi connectivity index (χ1) is 13.1. The van der Waals surface area contributed by atoms with Crippen LogP contribution in [0.4, 0.5) is 0 Å². The Morgan fingerprint density at radius 2 is 1.96 bits per heavy atom. The Hall–Kier alpha value is -2.31. The van der Waals surface area contributed by atoms with E-state index in [9.17, 15) is 4.79 Å². The van der Waals surface area contributed by atoms with E-state index in [0.717, 1.165) is 30.9 Å². The number of benzene rings is 1. The van der Waals surface area contributed by atoms with Crippen molar-refractivity contribution >= 4 is 5.78 Å². The molecule has 1 aromatic heterocycles. The lowest BCUT2D eigenvalue weighted by Gasteiger charge is -2.31. The van der Waals surface area contributed by atoms with Gasteiger partial charge in [0.05, 0.1) is 26.3 Å². The van der Waals surface area contributed by atoms with Crippen molar-refractivity contribution in [2.75, 3.05) is 34.4 Å². The highest BCUT2D eigenvalue weighted by atomic mass is 16.5. The summed E-state index contributed by atoms with van der Waals surface area (Å²) in [4.78, 5) is 15.4. The van der Waals surface area contributed by atoms with Crippen LogP contribution in [-0.2, 0) is 17.9 Å². The van der Waals surface area contributed by atoms with Gasteiger partial charge in [-0.15, -0.1) is 0 Å². The second kappa shape index (κ2) is 9.06. The van der Waals surface area contributed by atoms with Crippen molar-refractivity contribution in [3.63, 3.8) is 0 Å². The van der Waals surface area contributed by atoms with E-state index in [1.165, 1.54) is 0 Å². The lowest BCUT2D eigenvalue weighted by molar-refractivity contribution is 0.0797. The van der Waals surface area contributed by atoms with Crippen LogP contribution < -0.4 is 9.47 Å². The summed E-state index contributed by atoms with van der Waals surface area (Å²) in [6.07, 6.45) is 1.87. The Balaban J connectivity index is 1.67. The summed E-state index contributed by atoms with van der Waals surface area (Å²) in [6, 6.07) is 9.27. The van der Waals surface area contributed by atoms with E-state index in [1.54, 1.807) is 39.5 Å². The van der Waals surface area contributed by atoms with Crippen molar-refractivity contribution in [3.8, 4) is 11.5 Å². The molecule has 1 saturated heterocycles. The van der Waals surface area contributed by atoms with Crippen molar-refractivity contribution < 1.29 is 23.4 Å². The van der Waals surface area contributed by atoms with E-state index < -0.39 is 0 Å². The standard InChI is InChI=1S/C21H27NO5/c1-24-14-18-7-6-17(27-18)13-22-10-4-5-15(12-22)21(23)19-9-8-16(25-2)11-20(19)26-3/h6-9,11,15H,4-5,10,12-14H2,1-3H3. The number of hydrogen-bond acceptors (Lipinski definition) is 6. The first-order valence-corrected chi connectivity index (χ1v) is 9.19. The van der Waals surface area contributed by atoms with Gasteiger partial charge in [-0.2, -0.15) is 0 Å². The summed E-state index contributed by atoms with van der Waals surface area (Å²) in [6.45, 7) is 2.85. The first-order valence-electron chi connectivity index (χ1n) is 9.19. The predicted octanol–water partition coefficient (Wildman–Crippen LogP) is 3.54. The van der Waals surface area contributed by atoms with Gasteiger partial charge in [-0.3, -0.25) is 9.69 Å². The van der Waals surface area contributed by atoms with Crippen molar-refractivity contribution in [1.82, 2.24) is 4.90 Å². The molecule has 6 nitrogen and oxygen atoms in total. The van der Waals surface area contributed by atoms with Crippen LogP contribution in [0.3, 0.4) is 0 Å². The third kappa shape index (κ3) is 4.70. The Labute approximate surface area is 160 Å². The summed E-state index contributed by atoms with van der Waals surface area (Å²) >= 11 is 0. The molecule has 0 aliphatic carbocycles. The number of furan rings is 1. The number of hydrogen-bond donors (Lipinski definition) is 0. The zero-order valence-corrected chi connectivity index (χ0v) is 16.2. The number of nitrogens with zero attached hydrogens (tertiary/aromatic N) is 1. The molecule has 3 rings (SSSR count). The molecule has 0 N–H and O–H groups in total. The smallest absolute Gasteiger partial charge is 0.170 e. The molecule has 27 heavy (non-hydrogen) atoms. The Kier molecular flexibility index (Phi) is 6.53. The largest absolute Gasteiger partial charge is 0.497 e. The van der Waals surface area contributed by atoms with Crippen LogP contribution in [0.25, 0.3) is 0 Å². The third-order valence-electron chi connectivity index (χ3n) is 4.93. The zero-order valence-electron chi connectivity index (χ0n) is 16.2. The summed E-state index contributed by atoms with van der Waals surface area (Å²) in [5.74, 6) is 3.04. The molecule has 1 aliphatic rings. The molecule has 1 fully saturated rings. The molecule has 0 amide bonds. The highest BCUT2D eigenvalue weighted by Gasteiger charge is 2.29. The number of likely N-dealkylation sites (tertiary alicyclic amines) is 1. The number of ketones is 1. The highest BCUT2D eigenvalue weighted by molar-refractivity contribution is 6.00. The van der Waals surface area contributed by atoms with Gasteiger partial charge in [0.15, 0.2) is 5.78 Å². The van der Waals surface area contributed by atoms with Crippen LogP contribution in [0.15, 0.2) is 34.7 Å². The lowest BCUT2D eigenvalue weighted by Crippen LogP contribution is -2.38. The Morgan fingerprint density at radius 3 is 2.70 bits per heavy atom. The first kappa shape index (κ1) is 19.5. The number of carbonyl (C=O) groups is 1. The lowest BCUT2D eigenvalue weighted by atomic mass is 9.89. The molecule has 6 heteroatoms. The minimum atomic E-state index is -0.0468. The quantitative estimate of drug-likeness (QED) is 0.660. The summed E-state index contributed by atoms with van der Waals surface area (Å²) in [7, 11) is 4.83. The summed E-state index contributed by atoms with van der Waals surface area (Å²) in [5, 5.41) is 0. The minimum Gasteiger partial charge on any atom is -0.497 e. The van der Waals surface area contributed by atoms with Gasteiger partial charge >= 0.3 is 0 Å². The fourth-order valence-corrected chi connectivity index (χ4v) is 3.58. The van der Waals surface area contributed by atoms with Gasteiger partial charge in [0.1, 0.15) is 29.6 Å². The van der Waals surface area contributed by atoms with Gasteiger partial charge in [-0.1, -0.05) is 0 Å². The number of carbonyl (C=O) groups excluding carboxylic acids is 1. The average Bonchev–Trinajstić information content (AvgIpc) is 3.14. The number of rotatable bonds is 8. The number of piperidine rings is 1. The number of methoxy groups -OCH3 is 3. The Morgan fingerprint density at radius 1 is 1.15 bits per heavy atom. The van der Waals surface area contributed by atoms with Gasteiger partial charge in [-0.05, 0) is 43.7 Å². The maximum absolute atomic E-state index is 13.1. The molecule has 146 valence electrons. The molecule has 1 aliphatic heterocycles. The van der Waals surface area contributed by atoms with E-state index in [1.807, 2.05) is 12.1 Å². The van der Waals surface area contributed by atoms with Gasteiger partial charge < -0.3 is 18.6 Å². The monoisotopic (exact) mass is 373 g/mol. The highest BCUT2D eigenvalue weighted by Crippen LogP contribution is 2.30. The topological polar surface area (TPSA) is 61.1 Å². The maximum atomic E-state index is 13.1. The zero-order chi connectivity index (χ0) is 19.2. The molecule has 1 aromatic carbocycles.